The van der Waals surface area contributed by atoms with Crippen molar-refractivity contribution in [2.45, 2.75) is 39.8 Å². The van der Waals surface area contributed by atoms with Gasteiger partial charge in [0.15, 0.2) is 0 Å². The lowest BCUT2D eigenvalue weighted by molar-refractivity contribution is 0.0872. The highest BCUT2D eigenvalue weighted by Gasteiger charge is 2.22. The fourth-order valence-corrected chi connectivity index (χ4v) is 3.76. The van der Waals surface area contributed by atoms with Crippen LogP contribution in [0.4, 0.5) is 0 Å². The van der Waals surface area contributed by atoms with E-state index in [1.807, 2.05) is 0 Å². The molecule has 0 unspecified atom stereocenters. The predicted molar refractivity (Wildman–Crippen MR) is 97.1 cm³/mol. The Kier molecular flexibility index (Phi) is 5.69. The van der Waals surface area contributed by atoms with E-state index in [1.54, 1.807) is 7.11 Å². The number of benzene rings is 1. The van der Waals surface area contributed by atoms with E-state index in [4.69, 9.17) is 9.84 Å². The molecule has 0 amide bonds. The Balaban J connectivity index is 1.70. The molecule has 1 fully saturated rings. The van der Waals surface area contributed by atoms with Gasteiger partial charge in [-0.25, -0.2) is 0 Å². The average Bonchev–Trinajstić information content (AvgIpc) is 2.84. The summed E-state index contributed by atoms with van der Waals surface area (Å²) in [5.41, 5.74) is 5.15. The van der Waals surface area contributed by atoms with Gasteiger partial charge in [-0.1, -0.05) is 30.3 Å². The molecule has 0 radical (unpaired) electrons. The van der Waals surface area contributed by atoms with Gasteiger partial charge in [-0.15, -0.1) is 0 Å². The first kappa shape index (κ1) is 17.2. The number of hydrogen-bond acceptors (Lipinski definition) is 3. The Labute approximate surface area is 145 Å². The monoisotopic (exact) mass is 327 g/mol. The molecule has 0 aliphatic carbocycles. The number of methoxy groups -OCH3 is 1. The van der Waals surface area contributed by atoms with Gasteiger partial charge >= 0.3 is 0 Å². The van der Waals surface area contributed by atoms with Crippen molar-refractivity contribution < 1.29 is 4.74 Å². The first-order valence-electron chi connectivity index (χ1n) is 8.95. The van der Waals surface area contributed by atoms with Crippen LogP contribution < -0.4 is 0 Å². The van der Waals surface area contributed by atoms with E-state index in [1.165, 1.54) is 36.2 Å². The predicted octanol–water partition coefficient (Wildman–Crippen LogP) is 3.41. The molecule has 0 spiro atoms. The molecule has 2 aromatic rings. The van der Waals surface area contributed by atoms with Crippen molar-refractivity contribution in [2.24, 2.45) is 5.92 Å². The van der Waals surface area contributed by atoms with Gasteiger partial charge in [-0.3, -0.25) is 9.58 Å². The maximum atomic E-state index is 5.35. The number of rotatable bonds is 6. The summed E-state index contributed by atoms with van der Waals surface area (Å²) in [7, 11) is 1.81. The summed E-state index contributed by atoms with van der Waals surface area (Å²) in [5, 5.41) is 4.79. The molecule has 1 aliphatic heterocycles. The van der Waals surface area contributed by atoms with E-state index in [0.717, 1.165) is 31.9 Å². The van der Waals surface area contributed by atoms with Gasteiger partial charge in [-0.05, 0) is 44.7 Å². The van der Waals surface area contributed by atoms with Crippen LogP contribution in [0.1, 0.15) is 35.4 Å². The van der Waals surface area contributed by atoms with E-state index < -0.39 is 0 Å². The largest absolute Gasteiger partial charge is 0.384 e. The number of hydrogen-bond donors (Lipinski definition) is 0. The van der Waals surface area contributed by atoms with E-state index >= 15 is 0 Å². The van der Waals surface area contributed by atoms with E-state index in [2.05, 4.69) is 53.8 Å². The molecular weight excluding hydrogens is 298 g/mol. The van der Waals surface area contributed by atoms with Gasteiger partial charge in [0.05, 0.1) is 18.8 Å². The Morgan fingerprint density at radius 2 is 1.96 bits per heavy atom. The Morgan fingerprint density at radius 1 is 1.17 bits per heavy atom. The van der Waals surface area contributed by atoms with Gasteiger partial charge < -0.3 is 4.74 Å². The third-order valence-electron chi connectivity index (χ3n) is 5.09. The smallest absolute Gasteiger partial charge is 0.0662 e. The van der Waals surface area contributed by atoms with Crippen molar-refractivity contribution in [3.63, 3.8) is 0 Å². The highest BCUT2D eigenvalue weighted by Crippen LogP contribution is 2.22. The Bertz CT molecular complexity index is 648. The van der Waals surface area contributed by atoms with Crippen molar-refractivity contribution in [3.8, 4) is 0 Å². The zero-order valence-corrected chi connectivity index (χ0v) is 15.2. The average molecular weight is 327 g/mol. The van der Waals surface area contributed by atoms with Gasteiger partial charge in [0.25, 0.3) is 0 Å². The van der Waals surface area contributed by atoms with Gasteiger partial charge in [0.2, 0.25) is 0 Å². The zero-order valence-electron chi connectivity index (χ0n) is 15.2. The van der Waals surface area contributed by atoms with E-state index in [9.17, 15) is 0 Å². The van der Waals surface area contributed by atoms with Gasteiger partial charge in [0, 0.05) is 31.5 Å². The molecule has 2 heterocycles. The van der Waals surface area contributed by atoms with Crippen LogP contribution in [0.2, 0.25) is 0 Å². The van der Waals surface area contributed by atoms with Crippen LogP contribution in [0, 0.1) is 19.8 Å². The normalized spacial score (nSPS) is 18.9. The summed E-state index contributed by atoms with van der Waals surface area (Å²) in [4.78, 5) is 2.57. The van der Waals surface area contributed by atoms with Crippen LogP contribution in [0.25, 0.3) is 0 Å². The second-order valence-corrected chi connectivity index (χ2v) is 6.99. The standard InChI is InChI=1S/C20H29N3O/c1-16-20(14-22-11-7-10-19(12-22)15-24-3)17(2)23(21-16)13-18-8-5-4-6-9-18/h4-6,8-9,19H,7,10-15H2,1-3H3/t19-/m0/s1. The topological polar surface area (TPSA) is 30.3 Å². The summed E-state index contributed by atoms with van der Waals surface area (Å²) >= 11 is 0. The number of likely N-dealkylation sites (tertiary alicyclic amines) is 1. The molecule has 4 heteroatoms. The Hall–Kier alpha value is -1.65. The third-order valence-corrected chi connectivity index (χ3v) is 5.09. The molecular formula is C20H29N3O. The SMILES string of the molecule is COC[C@H]1CCCN(Cc2c(C)nn(Cc3ccccc3)c2C)C1. The quantitative estimate of drug-likeness (QED) is 0.814. The number of nitrogens with zero attached hydrogens (tertiary/aromatic N) is 3. The summed E-state index contributed by atoms with van der Waals surface area (Å²) < 4.78 is 7.50. The molecule has 3 rings (SSSR count). The summed E-state index contributed by atoms with van der Waals surface area (Å²) in [6.07, 6.45) is 2.56. The number of ether oxygens (including phenoxy) is 1. The molecule has 0 saturated carbocycles. The van der Waals surface area contributed by atoms with Crippen molar-refractivity contribution >= 4 is 0 Å². The fraction of sp³-hybridized carbons (Fsp3) is 0.550. The van der Waals surface area contributed by atoms with Crippen molar-refractivity contribution in [1.29, 1.82) is 0 Å². The van der Waals surface area contributed by atoms with Crippen LogP contribution in [0.15, 0.2) is 30.3 Å². The highest BCUT2D eigenvalue weighted by molar-refractivity contribution is 5.26. The first-order chi connectivity index (χ1) is 11.7. The van der Waals surface area contributed by atoms with Crippen molar-refractivity contribution in [3.05, 3.63) is 52.8 Å². The molecule has 1 saturated heterocycles. The molecule has 24 heavy (non-hydrogen) atoms. The summed E-state index contributed by atoms with van der Waals surface area (Å²) in [6, 6.07) is 10.6. The third kappa shape index (κ3) is 4.05. The highest BCUT2D eigenvalue weighted by atomic mass is 16.5. The number of piperidine rings is 1. The second kappa shape index (κ2) is 7.95. The van der Waals surface area contributed by atoms with E-state index in [-0.39, 0.29) is 0 Å². The zero-order chi connectivity index (χ0) is 16.9. The minimum absolute atomic E-state index is 0.670. The molecule has 1 aromatic heterocycles. The maximum absolute atomic E-state index is 5.35. The van der Waals surface area contributed by atoms with Gasteiger partial charge in [-0.2, -0.15) is 5.10 Å². The maximum Gasteiger partial charge on any atom is 0.0662 e. The van der Waals surface area contributed by atoms with Crippen LogP contribution in [-0.4, -0.2) is 41.5 Å². The molecule has 0 bridgehead atoms. The summed E-state index contributed by atoms with van der Waals surface area (Å²) in [6.45, 7) is 9.39. The Morgan fingerprint density at radius 3 is 2.71 bits per heavy atom. The lowest BCUT2D eigenvalue weighted by Crippen LogP contribution is -2.36. The molecule has 1 aromatic carbocycles. The van der Waals surface area contributed by atoms with Gasteiger partial charge in [0.1, 0.15) is 0 Å². The molecule has 0 N–H and O–H groups in total. The van der Waals surface area contributed by atoms with Crippen molar-refractivity contribution in [1.82, 2.24) is 14.7 Å². The minimum Gasteiger partial charge on any atom is -0.384 e. The summed E-state index contributed by atoms with van der Waals surface area (Å²) in [5.74, 6) is 0.670. The molecule has 1 aliphatic rings. The lowest BCUT2D eigenvalue weighted by Gasteiger charge is -2.32. The second-order valence-electron chi connectivity index (χ2n) is 6.99. The van der Waals surface area contributed by atoms with Crippen LogP contribution in [0.3, 0.4) is 0 Å². The van der Waals surface area contributed by atoms with E-state index in [0.29, 0.717) is 5.92 Å². The lowest BCUT2D eigenvalue weighted by atomic mass is 9.98. The molecule has 4 nitrogen and oxygen atoms in total. The van der Waals surface area contributed by atoms with Crippen LogP contribution in [0.5, 0.6) is 0 Å². The van der Waals surface area contributed by atoms with Crippen molar-refractivity contribution in [2.75, 3.05) is 26.8 Å². The van der Waals surface area contributed by atoms with Crippen LogP contribution >= 0.6 is 0 Å². The molecule has 1 atom stereocenters. The number of aromatic nitrogens is 2. The van der Waals surface area contributed by atoms with Crippen LogP contribution in [-0.2, 0) is 17.8 Å². The molecule has 130 valence electrons. The minimum atomic E-state index is 0.670. The number of aryl methyl sites for hydroxylation is 1. The fourth-order valence-electron chi connectivity index (χ4n) is 3.76. The first-order valence-corrected chi connectivity index (χ1v) is 8.95.